The van der Waals surface area contributed by atoms with Crippen LogP contribution in [0, 0.1) is 18.3 Å². The summed E-state index contributed by atoms with van der Waals surface area (Å²) in [6, 6.07) is 9.66. The SMILES string of the molecule is COc1ccc(OCCCc2nn3c(C#N)c(C)nc3s2)cc1. The molecule has 118 valence electrons. The Labute approximate surface area is 137 Å². The number of hydrogen-bond acceptors (Lipinski definition) is 6. The van der Waals surface area contributed by atoms with E-state index in [0.29, 0.717) is 12.3 Å². The molecular weight excluding hydrogens is 312 g/mol. The maximum absolute atomic E-state index is 9.12. The summed E-state index contributed by atoms with van der Waals surface area (Å²) >= 11 is 1.52. The number of imidazole rings is 1. The van der Waals surface area contributed by atoms with Gasteiger partial charge in [-0.3, -0.25) is 0 Å². The van der Waals surface area contributed by atoms with Gasteiger partial charge in [0.05, 0.1) is 19.4 Å². The molecule has 0 aliphatic rings. The van der Waals surface area contributed by atoms with Crippen LogP contribution in [0.5, 0.6) is 11.5 Å². The number of fused-ring (bicyclic) bond motifs is 1. The summed E-state index contributed by atoms with van der Waals surface area (Å²) in [5.41, 5.74) is 1.23. The third-order valence-electron chi connectivity index (χ3n) is 3.39. The summed E-state index contributed by atoms with van der Waals surface area (Å²) < 4.78 is 12.4. The summed E-state index contributed by atoms with van der Waals surface area (Å²) in [6.45, 7) is 2.43. The summed E-state index contributed by atoms with van der Waals surface area (Å²) in [5.74, 6) is 1.63. The van der Waals surface area contributed by atoms with Crippen molar-refractivity contribution in [2.75, 3.05) is 13.7 Å². The lowest BCUT2D eigenvalue weighted by Gasteiger charge is -2.06. The molecule has 0 N–H and O–H groups in total. The van der Waals surface area contributed by atoms with Crippen LogP contribution in [0.4, 0.5) is 0 Å². The van der Waals surface area contributed by atoms with E-state index in [-0.39, 0.29) is 0 Å². The second-order valence-corrected chi connectivity index (χ2v) is 6.02. The summed E-state index contributed by atoms with van der Waals surface area (Å²) in [7, 11) is 1.64. The van der Waals surface area contributed by atoms with Crippen LogP contribution in [0.3, 0.4) is 0 Å². The zero-order chi connectivity index (χ0) is 16.2. The van der Waals surface area contributed by atoms with Gasteiger partial charge >= 0.3 is 0 Å². The summed E-state index contributed by atoms with van der Waals surface area (Å²) in [5, 5.41) is 14.5. The van der Waals surface area contributed by atoms with Gasteiger partial charge in [-0.1, -0.05) is 11.3 Å². The van der Waals surface area contributed by atoms with Gasteiger partial charge in [0, 0.05) is 6.42 Å². The molecule has 0 spiro atoms. The third-order valence-corrected chi connectivity index (χ3v) is 4.36. The number of ether oxygens (including phenoxy) is 2. The first-order valence-electron chi connectivity index (χ1n) is 7.23. The Hall–Kier alpha value is -2.59. The third kappa shape index (κ3) is 3.27. The summed E-state index contributed by atoms with van der Waals surface area (Å²) in [4.78, 5) is 5.12. The van der Waals surface area contributed by atoms with E-state index in [0.717, 1.165) is 40.0 Å². The standard InChI is InChI=1S/C16H16N4O2S/c1-11-14(10-17)20-16(18-11)23-15(19-20)4-3-9-22-13-7-5-12(21-2)6-8-13/h5-8H,3-4,9H2,1-2H3. The van der Waals surface area contributed by atoms with E-state index in [1.165, 1.54) is 11.3 Å². The molecule has 3 rings (SSSR count). The van der Waals surface area contributed by atoms with E-state index >= 15 is 0 Å². The summed E-state index contributed by atoms with van der Waals surface area (Å²) in [6.07, 6.45) is 1.65. The van der Waals surface area contributed by atoms with Crippen LogP contribution in [0.1, 0.15) is 22.8 Å². The van der Waals surface area contributed by atoms with Crippen molar-refractivity contribution in [3.63, 3.8) is 0 Å². The maximum atomic E-state index is 9.12. The maximum Gasteiger partial charge on any atom is 0.213 e. The number of rotatable bonds is 6. The van der Waals surface area contributed by atoms with Crippen molar-refractivity contribution in [3.05, 3.63) is 40.7 Å². The molecular formula is C16H16N4O2S. The number of hydrogen-bond donors (Lipinski definition) is 0. The van der Waals surface area contributed by atoms with Gasteiger partial charge in [-0.25, -0.2) is 4.98 Å². The van der Waals surface area contributed by atoms with Gasteiger partial charge in [0.1, 0.15) is 22.6 Å². The van der Waals surface area contributed by atoms with E-state index in [2.05, 4.69) is 16.2 Å². The number of methoxy groups -OCH3 is 1. The van der Waals surface area contributed by atoms with Crippen molar-refractivity contribution >= 4 is 16.3 Å². The zero-order valence-corrected chi connectivity index (χ0v) is 13.8. The molecule has 7 heteroatoms. The first-order valence-corrected chi connectivity index (χ1v) is 8.05. The van der Waals surface area contributed by atoms with Crippen molar-refractivity contribution in [2.24, 2.45) is 0 Å². The highest BCUT2D eigenvalue weighted by atomic mass is 32.1. The fraction of sp³-hybridized carbons (Fsp3) is 0.312. The van der Waals surface area contributed by atoms with Crippen molar-refractivity contribution < 1.29 is 9.47 Å². The predicted octanol–water partition coefficient (Wildman–Crippen LogP) is 2.99. The largest absolute Gasteiger partial charge is 0.497 e. The molecule has 0 atom stereocenters. The highest BCUT2D eigenvalue weighted by Gasteiger charge is 2.13. The minimum absolute atomic E-state index is 0.511. The van der Waals surface area contributed by atoms with E-state index < -0.39 is 0 Å². The van der Waals surface area contributed by atoms with Crippen molar-refractivity contribution in [1.82, 2.24) is 14.6 Å². The smallest absolute Gasteiger partial charge is 0.213 e. The Morgan fingerprint density at radius 3 is 2.70 bits per heavy atom. The molecule has 0 bridgehead atoms. The predicted molar refractivity (Wildman–Crippen MR) is 87.1 cm³/mol. The van der Waals surface area contributed by atoms with Crippen LogP contribution >= 0.6 is 11.3 Å². The van der Waals surface area contributed by atoms with Crippen molar-refractivity contribution in [3.8, 4) is 17.6 Å². The average Bonchev–Trinajstić information content (AvgIpc) is 3.08. The lowest BCUT2D eigenvalue weighted by Crippen LogP contribution is -2.00. The molecule has 2 aromatic heterocycles. The molecule has 0 saturated heterocycles. The number of nitriles is 1. The van der Waals surface area contributed by atoms with E-state index in [9.17, 15) is 0 Å². The number of nitrogens with zero attached hydrogens (tertiary/aromatic N) is 4. The molecule has 0 unspecified atom stereocenters. The monoisotopic (exact) mass is 328 g/mol. The van der Waals surface area contributed by atoms with Crippen LogP contribution in [0.25, 0.3) is 4.96 Å². The molecule has 2 heterocycles. The Bertz CT molecular complexity index is 845. The lowest BCUT2D eigenvalue weighted by molar-refractivity contribution is 0.310. The zero-order valence-electron chi connectivity index (χ0n) is 12.9. The van der Waals surface area contributed by atoms with Crippen LogP contribution in [0.2, 0.25) is 0 Å². The molecule has 1 aromatic carbocycles. The molecule has 0 amide bonds. The van der Waals surface area contributed by atoms with Crippen LogP contribution in [-0.2, 0) is 6.42 Å². The van der Waals surface area contributed by atoms with Gasteiger partial charge in [-0.2, -0.15) is 14.9 Å². The van der Waals surface area contributed by atoms with Gasteiger partial charge in [0.25, 0.3) is 0 Å². The van der Waals surface area contributed by atoms with E-state index in [1.54, 1.807) is 11.6 Å². The van der Waals surface area contributed by atoms with E-state index in [1.807, 2.05) is 31.2 Å². The van der Waals surface area contributed by atoms with Crippen molar-refractivity contribution in [1.29, 1.82) is 5.26 Å². The van der Waals surface area contributed by atoms with Crippen LogP contribution in [0.15, 0.2) is 24.3 Å². The highest BCUT2D eigenvalue weighted by molar-refractivity contribution is 7.16. The quantitative estimate of drug-likeness (QED) is 0.650. The first-order chi connectivity index (χ1) is 11.2. The normalized spacial score (nSPS) is 10.7. The van der Waals surface area contributed by atoms with Gasteiger partial charge in [0.2, 0.25) is 4.96 Å². The molecule has 0 radical (unpaired) electrons. The van der Waals surface area contributed by atoms with Crippen LogP contribution in [-0.4, -0.2) is 28.3 Å². The molecule has 3 aromatic rings. The second-order valence-electron chi connectivity index (χ2n) is 4.98. The average molecular weight is 328 g/mol. The van der Waals surface area contributed by atoms with Gasteiger partial charge in [-0.15, -0.1) is 0 Å². The molecule has 0 fully saturated rings. The molecule has 0 aliphatic carbocycles. The molecule has 6 nitrogen and oxygen atoms in total. The lowest BCUT2D eigenvalue weighted by atomic mass is 10.3. The second kappa shape index (κ2) is 6.67. The minimum atomic E-state index is 0.511. The van der Waals surface area contributed by atoms with E-state index in [4.69, 9.17) is 14.7 Å². The number of aromatic nitrogens is 3. The Morgan fingerprint density at radius 1 is 1.26 bits per heavy atom. The van der Waals surface area contributed by atoms with Crippen LogP contribution < -0.4 is 9.47 Å². The molecule has 0 saturated carbocycles. The van der Waals surface area contributed by atoms with Gasteiger partial charge < -0.3 is 9.47 Å². The molecule has 23 heavy (non-hydrogen) atoms. The topological polar surface area (TPSA) is 72.4 Å². The highest BCUT2D eigenvalue weighted by Crippen LogP contribution is 2.20. The van der Waals surface area contributed by atoms with Crippen molar-refractivity contribution in [2.45, 2.75) is 19.8 Å². The Balaban J connectivity index is 1.54. The minimum Gasteiger partial charge on any atom is -0.497 e. The fourth-order valence-electron chi connectivity index (χ4n) is 2.20. The molecule has 0 aliphatic heterocycles. The Morgan fingerprint density at radius 2 is 2.00 bits per heavy atom. The number of benzene rings is 1. The fourth-order valence-corrected chi connectivity index (χ4v) is 3.18. The first kappa shape index (κ1) is 15.3. The Kier molecular flexibility index (Phi) is 4.44. The van der Waals surface area contributed by atoms with Gasteiger partial charge in [-0.05, 0) is 37.6 Å². The van der Waals surface area contributed by atoms with Gasteiger partial charge in [0.15, 0.2) is 5.69 Å². The number of aryl methyl sites for hydroxylation is 2.